The van der Waals surface area contributed by atoms with Crippen LogP contribution in [-0.4, -0.2) is 12.3 Å². The van der Waals surface area contributed by atoms with Crippen LogP contribution >= 0.6 is 8.81 Å². The van der Waals surface area contributed by atoms with Crippen LogP contribution in [0.5, 0.6) is 0 Å². The molecule has 0 N–H and O–H groups in total. The molecular formula is C4H9OP. The van der Waals surface area contributed by atoms with Crippen LogP contribution in [0, 0.1) is 0 Å². The standard InChI is InChI=1S/C4H9OP/c1-4-2-3-6-5-4/h4,6H,2-3H2,1H3. The topological polar surface area (TPSA) is 9.23 Å². The molecule has 2 atom stereocenters. The Balaban J connectivity index is 2.18. The van der Waals surface area contributed by atoms with Crippen LogP contribution in [0.1, 0.15) is 13.3 Å². The lowest BCUT2D eigenvalue weighted by Crippen LogP contribution is -1.92. The van der Waals surface area contributed by atoms with Crippen molar-refractivity contribution in [3.05, 3.63) is 0 Å². The maximum Gasteiger partial charge on any atom is 0.0590 e. The summed E-state index contributed by atoms with van der Waals surface area (Å²) in [5, 5.41) is 0. The summed E-state index contributed by atoms with van der Waals surface area (Å²) >= 11 is 0. The minimum atomic E-state index is 0.559. The van der Waals surface area contributed by atoms with E-state index in [1.807, 2.05) is 0 Å². The van der Waals surface area contributed by atoms with Crippen LogP contribution < -0.4 is 0 Å². The van der Waals surface area contributed by atoms with Gasteiger partial charge < -0.3 is 4.52 Å². The smallest absolute Gasteiger partial charge is 0.0590 e. The van der Waals surface area contributed by atoms with Crippen molar-refractivity contribution in [2.24, 2.45) is 0 Å². The van der Waals surface area contributed by atoms with Crippen molar-refractivity contribution in [1.82, 2.24) is 0 Å². The Hall–Kier alpha value is 0.390. The maximum atomic E-state index is 5.18. The molecule has 0 bridgehead atoms. The van der Waals surface area contributed by atoms with Crippen molar-refractivity contribution < 1.29 is 4.52 Å². The van der Waals surface area contributed by atoms with E-state index in [-0.39, 0.29) is 0 Å². The lowest BCUT2D eigenvalue weighted by atomic mass is 10.3. The number of rotatable bonds is 0. The van der Waals surface area contributed by atoms with Crippen LogP contribution in [-0.2, 0) is 4.52 Å². The predicted octanol–water partition coefficient (Wildman–Crippen LogP) is 1.39. The van der Waals surface area contributed by atoms with E-state index in [9.17, 15) is 0 Å². The third kappa shape index (κ3) is 0.924. The van der Waals surface area contributed by atoms with Gasteiger partial charge in [-0.3, -0.25) is 0 Å². The molecule has 0 aromatic heterocycles. The maximum absolute atomic E-state index is 5.18. The molecule has 1 saturated heterocycles. The molecular weight excluding hydrogens is 95.0 g/mol. The Kier molecular flexibility index (Phi) is 1.44. The second-order valence-corrected chi connectivity index (χ2v) is 2.64. The van der Waals surface area contributed by atoms with Crippen LogP contribution in [0.15, 0.2) is 0 Å². The van der Waals surface area contributed by atoms with E-state index in [4.69, 9.17) is 4.52 Å². The van der Waals surface area contributed by atoms with Crippen molar-refractivity contribution in [2.75, 3.05) is 6.16 Å². The molecule has 1 aliphatic heterocycles. The zero-order valence-electron chi connectivity index (χ0n) is 3.90. The number of hydrogen-bond donors (Lipinski definition) is 0. The van der Waals surface area contributed by atoms with Crippen LogP contribution in [0.3, 0.4) is 0 Å². The summed E-state index contributed by atoms with van der Waals surface area (Å²) in [5.41, 5.74) is 0. The van der Waals surface area contributed by atoms with Gasteiger partial charge in [-0.25, -0.2) is 0 Å². The first-order chi connectivity index (χ1) is 2.89. The van der Waals surface area contributed by atoms with E-state index >= 15 is 0 Å². The molecule has 0 radical (unpaired) electrons. The average molecular weight is 104 g/mol. The highest BCUT2D eigenvalue weighted by atomic mass is 31.1. The van der Waals surface area contributed by atoms with Gasteiger partial charge in [0, 0.05) is 8.81 Å². The van der Waals surface area contributed by atoms with Gasteiger partial charge in [0.05, 0.1) is 6.10 Å². The molecule has 0 spiro atoms. The average Bonchev–Trinajstić information content (AvgIpc) is 1.86. The summed E-state index contributed by atoms with van der Waals surface area (Å²) in [7, 11) is 0.789. The van der Waals surface area contributed by atoms with Crippen molar-refractivity contribution in [2.45, 2.75) is 19.4 Å². The predicted molar refractivity (Wildman–Crippen MR) is 28.3 cm³/mol. The third-order valence-electron chi connectivity index (χ3n) is 0.937. The van der Waals surface area contributed by atoms with Crippen molar-refractivity contribution in [3.8, 4) is 0 Å². The van der Waals surface area contributed by atoms with Crippen molar-refractivity contribution >= 4 is 8.81 Å². The fraction of sp³-hybridized carbons (Fsp3) is 1.00. The molecule has 36 valence electrons. The van der Waals surface area contributed by atoms with Crippen molar-refractivity contribution in [1.29, 1.82) is 0 Å². The molecule has 0 aliphatic carbocycles. The fourth-order valence-corrected chi connectivity index (χ4v) is 1.57. The van der Waals surface area contributed by atoms with E-state index < -0.39 is 0 Å². The van der Waals surface area contributed by atoms with E-state index in [1.54, 1.807) is 0 Å². The molecule has 1 heterocycles. The molecule has 2 heteroatoms. The van der Waals surface area contributed by atoms with Gasteiger partial charge in [0.15, 0.2) is 0 Å². The molecule has 6 heavy (non-hydrogen) atoms. The lowest BCUT2D eigenvalue weighted by molar-refractivity contribution is 0.280. The highest BCUT2D eigenvalue weighted by Crippen LogP contribution is 2.26. The first-order valence-corrected chi connectivity index (χ1v) is 3.39. The largest absolute Gasteiger partial charge is 0.360 e. The summed E-state index contributed by atoms with van der Waals surface area (Å²) < 4.78 is 5.18. The molecule has 0 amide bonds. The third-order valence-corrected chi connectivity index (χ3v) is 2.00. The monoisotopic (exact) mass is 104 g/mol. The summed E-state index contributed by atoms with van der Waals surface area (Å²) in [6, 6.07) is 0. The molecule has 1 fully saturated rings. The summed E-state index contributed by atoms with van der Waals surface area (Å²) in [5.74, 6) is 0. The highest BCUT2D eigenvalue weighted by molar-refractivity contribution is 7.32. The zero-order chi connectivity index (χ0) is 4.41. The molecule has 1 rings (SSSR count). The molecule has 0 aromatic carbocycles. The highest BCUT2D eigenvalue weighted by Gasteiger charge is 2.07. The Labute approximate surface area is 39.9 Å². The molecule has 1 nitrogen and oxygen atoms in total. The first kappa shape index (κ1) is 4.55. The summed E-state index contributed by atoms with van der Waals surface area (Å²) in [6.45, 7) is 2.12. The molecule has 2 unspecified atom stereocenters. The van der Waals surface area contributed by atoms with Gasteiger partial charge in [0.1, 0.15) is 0 Å². The van der Waals surface area contributed by atoms with Gasteiger partial charge in [-0.1, -0.05) is 0 Å². The quantitative estimate of drug-likeness (QED) is 0.422. The van der Waals surface area contributed by atoms with Crippen LogP contribution in [0.2, 0.25) is 0 Å². The second kappa shape index (κ2) is 1.90. The van der Waals surface area contributed by atoms with Crippen molar-refractivity contribution in [3.63, 3.8) is 0 Å². The van der Waals surface area contributed by atoms with Gasteiger partial charge in [-0.05, 0) is 19.5 Å². The summed E-state index contributed by atoms with van der Waals surface area (Å²) in [6.07, 6.45) is 3.13. The van der Waals surface area contributed by atoms with Crippen LogP contribution in [0.25, 0.3) is 0 Å². The SMILES string of the molecule is CC1CCPO1. The molecule has 1 aliphatic rings. The van der Waals surface area contributed by atoms with E-state index in [2.05, 4.69) is 6.92 Å². The molecule has 0 aromatic rings. The van der Waals surface area contributed by atoms with Gasteiger partial charge >= 0.3 is 0 Å². The van der Waals surface area contributed by atoms with Crippen LogP contribution in [0.4, 0.5) is 0 Å². The minimum absolute atomic E-state index is 0.559. The molecule has 0 saturated carbocycles. The zero-order valence-corrected chi connectivity index (χ0v) is 4.90. The van der Waals surface area contributed by atoms with E-state index in [0.29, 0.717) is 6.10 Å². The Morgan fingerprint density at radius 2 is 2.67 bits per heavy atom. The van der Waals surface area contributed by atoms with Gasteiger partial charge in [-0.2, -0.15) is 0 Å². The first-order valence-electron chi connectivity index (χ1n) is 2.28. The Morgan fingerprint density at radius 1 is 1.83 bits per heavy atom. The summed E-state index contributed by atoms with van der Waals surface area (Å²) in [4.78, 5) is 0. The minimum Gasteiger partial charge on any atom is -0.360 e. The number of hydrogen-bond acceptors (Lipinski definition) is 1. The van der Waals surface area contributed by atoms with Gasteiger partial charge in [0.25, 0.3) is 0 Å². The van der Waals surface area contributed by atoms with E-state index in [0.717, 1.165) is 8.81 Å². The lowest BCUT2D eigenvalue weighted by Gasteiger charge is -1.93. The Bertz CT molecular complexity index is 40.8. The van der Waals surface area contributed by atoms with Gasteiger partial charge in [-0.15, -0.1) is 0 Å². The van der Waals surface area contributed by atoms with Gasteiger partial charge in [0.2, 0.25) is 0 Å². The normalized spacial score (nSPS) is 38.5. The van der Waals surface area contributed by atoms with E-state index in [1.165, 1.54) is 12.6 Å². The second-order valence-electron chi connectivity index (χ2n) is 1.61. The fourth-order valence-electron chi connectivity index (χ4n) is 0.522. The Morgan fingerprint density at radius 3 is 2.83 bits per heavy atom.